The van der Waals surface area contributed by atoms with Gasteiger partial charge in [-0.3, -0.25) is 15.0 Å². The van der Waals surface area contributed by atoms with Gasteiger partial charge in [0.1, 0.15) is 6.34 Å². The molecule has 1 aliphatic rings. The first kappa shape index (κ1) is 8.76. The molecule has 0 saturated heterocycles. The fourth-order valence-corrected chi connectivity index (χ4v) is 1.09. The maximum atomic E-state index is 10.6. The zero-order valence-electron chi connectivity index (χ0n) is 7.34. The van der Waals surface area contributed by atoms with Crippen LogP contribution in [-0.4, -0.2) is 40.5 Å². The van der Waals surface area contributed by atoms with Crippen LogP contribution >= 0.6 is 0 Å². The molecule has 68 valence electrons. The summed E-state index contributed by atoms with van der Waals surface area (Å²) in [6.45, 7) is 3.74. The van der Waals surface area contributed by atoms with Crippen molar-refractivity contribution in [2.75, 3.05) is 7.05 Å². The first-order chi connectivity index (χ1) is 5.54. The Balaban J connectivity index is 2.76. The Morgan fingerprint density at radius 2 is 2.25 bits per heavy atom. The zero-order chi connectivity index (χ0) is 9.30. The Bertz CT molecular complexity index is 216. The summed E-state index contributed by atoms with van der Waals surface area (Å²) in [4.78, 5) is 11.7. The number of hydrogen-bond donors (Lipinski definition) is 0. The third-order valence-corrected chi connectivity index (χ3v) is 1.69. The highest BCUT2D eigenvalue weighted by atomic mass is 16.6. The van der Waals surface area contributed by atoms with Crippen LogP contribution in [0.3, 0.4) is 0 Å². The quantitative estimate of drug-likeness (QED) is 0.439. The van der Waals surface area contributed by atoms with Crippen LogP contribution in [0.5, 0.6) is 0 Å². The molecule has 0 N–H and O–H groups in total. The molecule has 0 aromatic carbocycles. The van der Waals surface area contributed by atoms with Crippen LogP contribution in [0.2, 0.25) is 0 Å². The number of hydrazone groups is 1. The van der Waals surface area contributed by atoms with Crippen molar-refractivity contribution in [1.82, 2.24) is 9.91 Å². The topological polar surface area (TPSA) is 62.0 Å². The van der Waals surface area contributed by atoms with E-state index in [0.29, 0.717) is 0 Å². The Labute approximate surface area is 70.6 Å². The average molecular weight is 172 g/mol. The van der Waals surface area contributed by atoms with Crippen LogP contribution in [0.25, 0.3) is 0 Å². The maximum absolute atomic E-state index is 10.6. The van der Waals surface area contributed by atoms with E-state index in [1.807, 2.05) is 13.8 Å². The van der Waals surface area contributed by atoms with Crippen molar-refractivity contribution in [3.05, 3.63) is 10.1 Å². The van der Waals surface area contributed by atoms with Crippen LogP contribution in [0.4, 0.5) is 0 Å². The lowest BCUT2D eigenvalue weighted by Gasteiger charge is -2.23. The minimum Gasteiger partial charge on any atom is -0.282 e. The minimum absolute atomic E-state index is 0.0431. The average Bonchev–Trinajstić information content (AvgIpc) is 2.30. The predicted molar refractivity (Wildman–Crippen MR) is 44.0 cm³/mol. The van der Waals surface area contributed by atoms with Crippen molar-refractivity contribution in [3.63, 3.8) is 0 Å². The lowest BCUT2D eigenvalue weighted by Crippen LogP contribution is -2.46. The van der Waals surface area contributed by atoms with Gasteiger partial charge in [0, 0.05) is 7.05 Å². The van der Waals surface area contributed by atoms with Gasteiger partial charge < -0.3 is 0 Å². The van der Waals surface area contributed by atoms with E-state index in [1.54, 1.807) is 7.05 Å². The lowest BCUT2D eigenvalue weighted by atomic mass is 10.4. The van der Waals surface area contributed by atoms with Crippen LogP contribution in [-0.2, 0) is 0 Å². The largest absolute Gasteiger partial charge is 0.383 e. The first-order valence-electron chi connectivity index (χ1n) is 3.72. The van der Waals surface area contributed by atoms with Gasteiger partial charge in [-0.2, -0.15) is 5.10 Å². The summed E-state index contributed by atoms with van der Waals surface area (Å²) in [6.07, 6.45) is 0.623. The Kier molecular flexibility index (Phi) is 2.16. The van der Waals surface area contributed by atoms with E-state index in [1.165, 1.54) is 16.2 Å². The van der Waals surface area contributed by atoms with Gasteiger partial charge >= 0.3 is 6.29 Å². The van der Waals surface area contributed by atoms with E-state index in [4.69, 9.17) is 0 Å². The van der Waals surface area contributed by atoms with Gasteiger partial charge in [-0.1, -0.05) is 0 Å². The molecule has 1 aliphatic heterocycles. The molecular formula is C6H12N4O2. The minimum atomic E-state index is -0.843. The zero-order valence-corrected chi connectivity index (χ0v) is 7.34. The van der Waals surface area contributed by atoms with Crippen LogP contribution in [0, 0.1) is 10.1 Å². The van der Waals surface area contributed by atoms with E-state index in [0.717, 1.165) is 0 Å². The van der Waals surface area contributed by atoms with Crippen molar-refractivity contribution >= 4 is 6.34 Å². The highest BCUT2D eigenvalue weighted by Gasteiger charge is 2.36. The molecule has 0 aliphatic carbocycles. The molecule has 6 nitrogen and oxygen atoms in total. The van der Waals surface area contributed by atoms with Crippen LogP contribution in [0.1, 0.15) is 13.8 Å². The van der Waals surface area contributed by atoms with E-state index in [2.05, 4.69) is 5.10 Å². The molecule has 0 aromatic heterocycles. The van der Waals surface area contributed by atoms with Crippen molar-refractivity contribution in [2.24, 2.45) is 5.10 Å². The van der Waals surface area contributed by atoms with Gasteiger partial charge in [-0.25, -0.2) is 5.01 Å². The van der Waals surface area contributed by atoms with Gasteiger partial charge in [-0.05, 0) is 13.8 Å². The third kappa shape index (κ3) is 1.32. The maximum Gasteiger partial charge on any atom is 0.383 e. The lowest BCUT2D eigenvalue weighted by molar-refractivity contribution is -0.571. The number of rotatable bonds is 2. The van der Waals surface area contributed by atoms with Gasteiger partial charge in [0.2, 0.25) is 0 Å². The van der Waals surface area contributed by atoms with Crippen molar-refractivity contribution in [1.29, 1.82) is 0 Å². The molecule has 1 unspecified atom stereocenters. The summed E-state index contributed by atoms with van der Waals surface area (Å²) < 4.78 is 0. The van der Waals surface area contributed by atoms with E-state index in [-0.39, 0.29) is 11.0 Å². The van der Waals surface area contributed by atoms with Crippen molar-refractivity contribution < 1.29 is 4.92 Å². The normalized spacial score (nSPS) is 22.5. The van der Waals surface area contributed by atoms with Gasteiger partial charge in [0.15, 0.2) is 0 Å². The van der Waals surface area contributed by atoms with Crippen molar-refractivity contribution in [3.8, 4) is 0 Å². The molecule has 1 atom stereocenters. The summed E-state index contributed by atoms with van der Waals surface area (Å²) in [5.41, 5.74) is 0. The molecule has 6 heteroatoms. The summed E-state index contributed by atoms with van der Waals surface area (Å²) >= 11 is 0. The summed E-state index contributed by atoms with van der Waals surface area (Å²) in [5.74, 6) is 0. The summed E-state index contributed by atoms with van der Waals surface area (Å²) in [5, 5.41) is 15.9. The fraction of sp³-hybridized carbons (Fsp3) is 0.833. The fourth-order valence-electron chi connectivity index (χ4n) is 1.09. The molecule has 0 fully saturated rings. The van der Waals surface area contributed by atoms with E-state index < -0.39 is 6.29 Å². The summed E-state index contributed by atoms with van der Waals surface area (Å²) in [6, 6.07) is 0.0431. The second-order valence-corrected chi connectivity index (χ2v) is 3.00. The number of hydrogen-bond acceptors (Lipinski definition) is 5. The molecule has 12 heavy (non-hydrogen) atoms. The molecule has 1 rings (SSSR count). The first-order valence-corrected chi connectivity index (χ1v) is 3.72. The van der Waals surface area contributed by atoms with E-state index in [9.17, 15) is 10.1 Å². The second kappa shape index (κ2) is 2.96. The monoisotopic (exact) mass is 172 g/mol. The Morgan fingerprint density at radius 3 is 2.58 bits per heavy atom. The molecule has 0 amide bonds. The molecular weight excluding hydrogens is 160 g/mol. The highest BCUT2D eigenvalue weighted by molar-refractivity contribution is 5.56. The van der Waals surface area contributed by atoms with Crippen molar-refractivity contribution in [2.45, 2.75) is 26.2 Å². The smallest absolute Gasteiger partial charge is 0.282 e. The third-order valence-electron chi connectivity index (χ3n) is 1.69. The SMILES string of the molecule is CC(C)N1N=CN(C)C1[N+](=O)[O-]. The van der Waals surface area contributed by atoms with Gasteiger partial charge in [-0.15, -0.1) is 0 Å². The van der Waals surface area contributed by atoms with E-state index >= 15 is 0 Å². The molecule has 0 spiro atoms. The Hall–Kier alpha value is -1.33. The van der Waals surface area contributed by atoms with Crippen LogP contribution < -0.4 is 0 Å². The molecule has 0 saturated carbocycles. The number of nitro groups is 1. The molecule has 0 aromatic rings. The van der Waals surface area contributed by atoms with Gasteiger partial charge in [0.25, 0.3) is 0 Å². The molecule has 0 bridgehead atoms. The van der Waals surface area contributed by atoms with Gasteiger partial charge in [0.05, 0.1) is 11.0 Å². The van der Waals surface area contributed by atoms with Crippen LogP contribution in [0.15, 0.2) is 5.10 Å². The standard InChI is InChI=1S/C6H12N4O2/c1-5(2)9-6(10(11)12)8(3)4-7-9/h4-6H,1-3H3. The predicted octanol–water partition coefficient (Wildman–Crippen LogP) is 0.146. The molecule has 1 heterocycles. The summed E-state index contributed by atoms with van der Waals surface area (Å²) in [7, 11) is 1.64. The second-order valence-electron chi connectivity index (χ2n) is 3.00. The molecule has 0 radical (unpaired) electrons. The Morgan fingerprint density at radius 1 is 1.67 bits per heavy atom. The number of nitrogens with zero attached hydrogens (tertiary/aromatic N) is 4. The highest BCUT2D eigenvalue weighted by Crippen LogP contribution is 2.14.